The van der Waals surface area contributed by atoms with Gasteiger partial charge in [0.05, 0.1) is 0 Å². The Labute approximate surface area is 108 Å². The lowest BCUT2D eigenvalue weighted by Gasteiger charge is -2.27. The largest absolute Gasteiger partial charge is 0.365 e. The standard InChI is InChI=1S/C13H24OS2/c1-9(2)11-8-12(10(3)15-11)16-13(4)6-5-7-14-13/h9-12H,5-8H2,1-4H3. The van der Waals surface area contributed by atoms with Crippen LogP contribution in [0.1, 0.15) is 47.0 Å². The van der Waals surface area contributed by atoms with Gasteiger partial charge in [-0.05, 0) is 32.1 Å². The zero-order valence-electron chi connectivity index (χ0n) is 10.9. The third kappa shape index (κ3) is 2.91. The predicted molar refractivity (Wildman–Crippen MR) is 75.3 cm³/mol. The molecule has 2 rings (SSSR count). The first-order valence-electron chi connectivity index (χ1n) is 6.47. The van der Waals surface area contributed by atoms with Crippen molar-refractivity contribution in [1.82, 2.24) is 0 Å². The van der Waals surface area contributed by atoms with Crippen molar-refractivity contribution in [2.45, 2.75) is 67.6 Å². The summed E-state index contributed by atoms with van der Waals surface area (Å²) in [6, 6.07) is 0. The van der Waals surface area contributed by atoms with E-state index < -0.39 is 0 Å². The summed E-state index contributed by atoms with van der Waals surface area (Å²) < 4.78 is 5.90. The molecule has 2 fully saturated rings. The molecule has 1 nitrogen and oxygen atoms in total. The van der Waals surface area contributed by atoms with Crippen LogP contribution < -0.4 is 0 Å². The van der Waals surface area contributed by atoms with Crippen molar-refractivity contribution in [2.75, 3.05) is 6.61 Å². The van der Waals surface area contributed by atoms with E-state index in [4.69, 9.17) is 4.74 Å². The van der Waals surface area contributed by atoms with Gasteiger partial charge in [-0.15, -0.1) is 11.8 Å². The van der Waals surface area contributed by atoms with Gasteiger partial charge in [-0.25, -0.2) is 0 Å². The monoisotopic (exact) mass is 260 g/mol. The molecule has 4 unspecified atom stereocenters. The lowest BCUT2D eigenvalue weighted by Crippen LogP contribution is -2.25. The molecular formula is C13H24OS2. The van der Waals surface area contributed by atoms with Gasteiger partial charge >= 0.3 is 0 Å². The van der Waals surface area contributed by atoms with Crippen molar-refractivity contribution in [2.24, 2.45) is 5.92 Å². The van der Waals surface area contributed by atoms with E-state index in [1.807, 2.05) is 0 Å². The van der Waals surface area contributed by atoms with E-state index in [9.17, 15) is 0 Å². The van der Waals surface area contributed by atoms with Crippen LogP contribution in [0.25, 0.3) is 0 Å². The van der Waals surface area contributed by atoms with E-state index in [1.165, 1.54) is 19.3 Å². The maximum Gasteiger partial charge on any atom is 0.111 e. The highest BCUT2D eigenvalue weighted by Gasteiger charge is 2.40. The van der Waals surface area contributed by atoms with Crippen LogP contribution in [0.2, 0.25) is 0 Å². The van der Waals surface area contributed by atoms with Gasteiger partial charge in [-0.3, -0.25) is 0 Å². The lowest BCUT2D eigenvalue weighted by molar-refractivity contribution is 0.0965. The molecule has 0 radical (unpaired) electrons. The van der Waals surface area contributed by atoms with Gasteiger partial charge in [-0.1, -0.05) is 20.8 Å². The van der Waals surface area contributed by atoms with E-state index in [-0.39, 0.29) is 4.93 Å². The maximum atomic E-state index is 5.90. The molecule has 0 bridgehead atoms. The Morgan fingerprint density at radius 2 is 2.19 bits per heavy atom. The minimum atomic E-state index is 0.116. The molecule has 16 heavy (non-hydrogen) atoms. The first-order chi connectivity index (χ1) is 7.50. The van der Waals surface area contributed by atoms with Crippen molar-refractivity contribution in [1.29, 1.82) is 0 Å². The third-order valence-corrected chi connectivity index (χ3v) is 7.44. The van der Waals surface area contributed by atoms with Crippen LogP contribution in [0.15, 0.2) is 0 Å². The Balaban J connectivity index is 1.90. The van der Waals surface area contributed by atoms with E-state index >= 15 is 0 Å². The van der Waals surface area contributed by atoms with Gasteiger partial charge in [0.2, 0.25) is 0 Å². The molecule has 0 spiro atoms. The van der Waals surface area contributed by atoms with Crippen molar-refractivity contribution in [3.63, 3.8) is 0 Å². The number of hydrogen-bond donors (Lipinski definition) is 0. The minimum absolute atomic E-state index is 0.116. The highest BCUT2D eigenvalue weighted by Crippen LogP contribution is 2.49. The van der Waals surface area contributed by atoms with Crippen LogP contribution in [0, 0.1) is 5.92 Å². The van der Waals surface area contributed by atoms with Crippen molar-refractivity contribution >= 4 is 23.5 Å². The van der Waals surface area contributed by atoms with Crippen LogP contribution in [0.4, 0.5) is 0 Å². The Hall–Kier alpha value is 0.660. The van der Waals surface area contributed by atoms with Crippen molar-refractivity contribution in [3.05, 3.63) is 0 Å². The van der Waals surface area contributed by atoms with Crippen LogP contribution in [-0.2, 0) is 4.74 Å². The van der Waals surface area contributed by atoms with E-state index in [0.29, 0.717) is 0 Å². The minimum Gasteiger partial charge on any atom is -0.365 e. The van der Waals surface area contributed by atoms with Crippen LogP contribution in [0.5, 0.6) is 0 Å². The van der Waals surface area contributed by atoms with Gasteiger partial charge < -0.3 is 4.74 Å². The fraction of sp³-hybridized carbons (Fsp3) is 1.00. The molecule has 4 atom stereocenters. The second-order valence-corrected chi connectivity index (χ2v) is 8.93. The summed E-state index contributed by atoms with van der Waals surface area (Å²) in [5.41, 5.74) is 0. The molecule has 0 aromatic carbocycles. The molecule has 2 saturated heterocycles. The molecule has 2 aliphatic rings. The second kappa shape index (κ2) is 5.11. The number of rotatable bonds is 3. The molecule has 0 aromatic heterocycles. The van der Waals surface area contributed by atoms with E-state index in [0.717, 1.165) is 28.3 Å². The zero-order valence-corrected chi connectivity index (χ0v) is 12.5. The SMILES string of the molecule is CC(C)C1CC(SC2(C)CCCO2)C(C)S1. The third-order valence-electron chi connectivity index (χ3n) is 3.70. The van der Waals surface area contributed by atoms with Crippen molar-refractivity contribution in [3.8, 4) is 0 Å². The summed E-state index contributed by atoms with van der Waals surface area (Å²) in [7, 11) is 0. The van der Waals surface area contributed by atoms with E-state index in [1.54, 1.807) is 0 Å². The molecule has 2 heterocycles. The first kappa shape index (κ1) is 13.1. The molecule has 0 saturated carbocycles. The zero-order chi connectivity index (χ0) is 11.8. The highest BCUT2D eigenvalue weighted by atomic mass is 32.2. The summed E-state index contributed by atoms with van der Waals surface area (Å²) >= 11 is 4.29. The van der Waals surface area contributed by atoms with Gasteiger partial charge in [-0.2, -0.15) is 11.8 Å². The fourth-order valence-corrected chi connectivity index (χ4v) is 6.08. The molecule has 0 aromatic rings. The summed E-state index contributed by atoms with van der Waals surface area (Å²) in [6.45, 7) is 10.3. The smallest absolute Gasteiger partial charge is 0.111 e. The van der Waals surface area contributed by atoms with E-state index in [2.05, 4.69) is 51.2 Å². The van der Waals surface area contributed by atoms with Gasteiger partial charge in [0.15, 0.2) is 0 Å². The molecular weight excluding hydrogens is 236 g/mol. The Morgan fingerprint density at radius 3 is 2.69 bits per heavy atom. The summed E-state index contributed by atoms with van der Waals surface area (Å²) in [5.74, 6) is 0.815. The number of hydrogen-bond acceptors (Lipinski definition) is 3. The predicted octanol–water partition coefficient (Wildman–Crippen LogP) is 4.16. The average Bonchev–Trinajstić information content (AvgIpc) is 2.75. The summed E-state index contributed by atoms with van der Waals surface area (Å²) in [4.78, 5) is 0.116. The Kier molecular flexibility index (Phi) is 4.19. The quantitative estimate of drug-likeness (QED) is 0.754. The number of thioether (sulfide) groups is 2. The molecule has 0 aliphatic carbocycles. The average molecular weight is 260 g/mol. The number of ether oxygens (including phenoxy) is 1. The Bertz CT molecular complexity index is 236. The van der Waals surface area contributed by atoms with Crippen LogP contribution >= 0.6 is 23.5 Å². The topological polar surface area (TPSA) is 9.23 Å². The van der Waals surface area contributed by atoms with Gasteiger partial charge in [0, 0.05) is 22.4 Å². The molecule has 3 heteroatoms. The van der Waals surface area contributed by atoms with Gasteiger partial charge in [0.1, 0.15) is 4.93 Å². The van der Waals surface area contributed by atoms with Crippen molar-refractivity contribution < 1.29 is 4.74 Å². The summed E-state index contributed by atoms with van der Waals surface area (Å²) in [5, 5.41) is 2.44. The molecule has 2 aliphatic heterocycles. The molecule has 0 amide bonds. The fourth-order valence-electron chi connectivity index (χ4n) is 2.58. The maximum absolute atomic E-state index is 5.90. The highest BCUT2D eigenvalue weighted by molar-refractivity contribution is 8.05. The molecule has 0 N–H and O–H groups in total. The Morgan fingerprint density at radius 1 is 1.44 bits per heavy atom. The second-order valence-electron chi connectivity index (χ2n) is 5.60. The normalized spacial score (nSPS) is 44.4. The lowest BCUT2D eigenvalue weighted by atomic mass is 10.1. The molecule has 94 valence electrons. The van der Waals surface area contributed by atoms with Gasteiger partial charge in [0.25, 0.3) is 0 Å². The first-order valence-corrected chi connectivity index (χ1v) is 8.30. The van der Waals surface area contributed by atoms with Crippen LogP contribution in [-0.4, -0.2) is 27.3 Å². The van der Waals surface area contributed by atoms with Crippen LogP contribution in [0.3, 0.4) is 0 Å². The summed E-state index contributed by atoms with van der Waals surface area (Å²) in [6.07, 6.45) is 3.84.